The van der Waals surface area contributed by atoms with E-state index in [0.29, 0.717) is 45.3 Å². The molecule has 8 heteroatoms. The maximum atomic E-state index is 13.9. The lowest BCUT2D eigenvalue weighted by atomic mass is 9.97. The number of halogens is 2. The summed E-state index contributed by atoms with van der Waals surface area (Å²) in [5.41, 5.74) is 2.52. The summed E-state index contributed by atoms with van der Waals surface area (Å²) in [5, 5.41) is 0.714. The van der Waals surface area contributed by atoms with Crippen LogP contribution in [0.2, 0.25) is 5.02 Å². The molecule has 39 heavy (non-hydrogen) atoms. The predicted octanol–water partition coefficient (Wildman–Crippen LogP) is 7.55. The number of anilines is 1. The molecule has 0 bridgehead atoms. The molecule has 0 aliphatic carbocycles. The zero-order chi connectivity index (χ0) is 27.1. The number of ether oxygens (including phenoxy) is 2. The molecule has 5 aromatic rings. The smallest absolute Gasteiger partial charge is 0.295 e. The Balaban J connectivity index is 1.50. The van der Waals surface area contributed by atoms with Gasteiger partial charge < -0.3 is 13.9 Å². The van der Waals surface area contributed by atoms with Gasteiger partial charge in [-0.1, -0.05) is 70.0 Å². The van der Waals surface area contributed by atoms with E-state index >= 15 is 0 Å². The number of methoxy groups -OCH3 is 1. The molecule has 0 spiro atoms. The molecular weight excluding hydrogens is 582 g/mol. The molecule has 1 aliphatic heterocycles. The van der Waals surface area contributed by atoms with Crippen LogP contribution in [-0.2, 0) is 6.61 Å². The molecule has 4 aromatic carbocycles. The standard InChI is InChI=1S/C31H21BrClNO5/c1-37-26-14-19(10-12-25(26)38-17-18-6-3-2-4-7-18)28-27-29(35)23-16-21(33)11-13-24(23)39-30(27)31(36)34(28)22-9-5-8-20(32)15-22/h2-16,28H,17H2,1H3. The molecule has 1 aliphatic rings. The lowest BCUT2D eigenvalue weighted by Crippen LogP contribution is -2.29. The van der Waals surface area contributed by atoms with Crippen molar-refractivity contribution < 1.29 is 18.7 Å². The second kappa shape index (κ2) is 10.2. The third kappa shape index (κ3) is 4.58. The van der Waals surface area contributed by atoms with Crippen LogP contribution in [0.5, 0.6) is 11.5 Å². The molecule has 1 aromatic heterocycles. The molecule has 0 fully saturated rings. The summed E-state index contributed by atoms with van der Waals surface area (Å²) in [5.74, 6) is 0.612. The fourth-order valence-electron chi connectivity index (χ4n) is 4.86. The zero-order valence-electron chi connectivity index (χ0n) is 20.7. The number of amides is 1. The quantitative estimate of drug-likeness (QED) is 0.201. The highest BCUT2D eigenvalue weighted by molar-refractivity contribution is 9.10. The van der Waals surface area contributed by atoms with Gasteiger partial charge in [-0.3, -0.25) is 14.5 Å². The van der Waals surface area contributed by atoms with E-state index in [1.807, 2.05) is 60.7 Å². The Morgan fingerprint density at radius 2 is 1.74 bits per heavy atom. The second-order valence-corrected chi connectivity index (χ2v) is 10.4. The first-order valence-electron chi connectivity index (χ1n) is 12.1. The SMILES string of the molecule is COc1cc(C2c3c(oc4ccc(Cl)cc4c3=O)C(=O)N2c2cccc(Br)c2)ccc1OCc1ccccc1. The number of rotatable bonds is 6. The van der Waals surface area contributed by atoms with Gasteiger partial charge in [0.05, 0.1) is 24.1 Å². The van der Waals surface area contributed by atoms with Crippen LogP contribution in [0.3, 0.4) is 0 Å². The second-order valence-electron chi connectivity index (χ2n) is 9.06. The Hall–Kier alpha value is -4.07. The minimum atomic E-state index is -0.765. The normalized spacial score (nSPS) is 14.5. The summed E-state index contributed by atoms with van der Waals surface area (Å²) in [6.45, 7) is 0.363. The molecule has 1 amide bonds. The summed E-state index contributed by atoms with van der Waals surface area (Å²) in [6, 6.07) is 26.6. The van der Waals surface area contributed by atoms with E-state index in [9.17, 15) is 9.59 Å². The maximum absolute atomic E-state index is 13.9. The lowest BCUT2D eigenvalue weighted by molar-refractivity contribution is 0.0971. The van der Waals surface area contributed by atoms with Gasteiger partial charge >= 0.3 is 0 Å². The average Bonchev–Trinajstić information content (AvgIpc) is 3.25. The maximum Gasteiger partial charge on any atom is 0.295 e. The van der Waals surface area contributed by atoms with E-state index in [2.05, 4.69) is 15.9 Å². The molecule has 194 valence electrons. The minimum absolute atomic E-state index is 0.00293. The third-order valence-electron chi connectivity index (χ3n) is 6.66. The number of hydrogen-bond acceptors (Lipinski definition) is 5. The zero-order valence-corrected chi connectivity index (χ0v) is 23.0. The molecule has 1 atom stereocenters. The molecule has 1 unspecified atom stereocenters. The van der Waals surface area contributed by atoms with Gasteiger partial charge in [-0.2, -0.15) is 0 Å². The number of nitrogens with zero attached hydrogens (tertiary/aromatic N) is 1. The van der Waals surface area contributed by atoms with Gasteiger partial charge in [0, 0.05) is 15.2 Å². The highest BCUT2D eigenvalue weighted by atomic mass is 79.9. The van der Waals surface area contributed by atoms with Gasteiger partial charge in [-0.25, -0.2) is 0 Å². The van der Waals surface area contributed by atoms with Crippen LogP contribution in [0.1, 0.15) is 33.3 Å². The monoisotopic (exact) mass is 601 g/mol. The number of fused-ring (bicyclic) bond motifs is 2. The Morgan fingerprint density at radius 3 is 2.51 bits per heavy atom. The highest BCUT2D eigenvalue weighted by Gasteiger charge is 2.44. The number of carbonyl (C=O) groups excluding carboxylic acids is 1. The van der Waals surface area contributed by atoms with Crippen LogP contribution in [0.4, 0.5) is 5.69 Å². The van der Waals surface area contributed by atoms with Crippen molar-refractivity contribution in [2.45, 2.75) is 12.6 Å². The first kappa shape index (κ1) is 25.2. The van der Waals surface area contributed by atoms with Crippen LogP contribution >= 0.6 is 27.5 Å². The fourth-order valence-corrected chi connectivity index (χ4v) is 5.42. The highest BCUT2D eigenvalue weighted by Crippen LogP contribution is 2.44. The largest absolute Gasteiger partial charge is 0.493 e. The van der Waals surface area contributed by atoms with Gasteiger partial charge in [-0.15, -0.1) is 0 Å². The van der Waals surface area contributed by atoms with Crippen LogP contribution in [0, 0.1) is 0 Å². The summed E-state index contributed by atoms with van der Waals surface area (Å²) >= 11 is 9.70. The molecule has 6 nitrogen and oxygen atoms in total. The summed E-state index contributed by atoms with van der Waals surface area (Å²) in [7, 11) is 1.55. The Labute approximate surface area is 237 Å². The van der Waals surface area contributed by atoms with Crippen molar-refractivity contribution in [3.8, 4) is 11.5 Å². The van der Waals surface area contributed by atoms with E-state index in [4.69, 9.17) is 25.5 Å². The van der Waals surface area contributed by atoms with Crippen molar-refractivity contribution in [1.29, 1.82) is 0 Å². The predicted molar refractivity (Wildman–Crippen MR) is 154 cm³/mol. The molecule has 0 saturated carbocycles. The van der Waals surface area contributed by atoms with E-state index in [1.165, 1.54) is 0 Å². The van der Waals surface area contributed by atoms with E-state index in [-0.39, 0.29) is 16.8 Å². The van der Waals surface area contributed by atoms with Crippen molar-refractivity contribution >= 4 is 50.1 Å². The molecule has 2 heterocycles. The summed E-state index contributed by atoms with van der Waals surface area (Å²) in [6.07, 6.45) is 0. The van der Waals surface area contributed by atoms with Gasteiger partial charge in [0.2, 0.25) is 5.76 Å². The molecule has 0 N–H and O–H groups in total. The van der Waals surface area contributed by atoms with Crippen molar-refractivity contribution in [2.75, 3.05) is 12.0 Å². The minimum Gasteiger partial charge on any atom is -0.493 e. The van der Waals surface area contributed by atoms with Crippen molar-refractivity contribution in [3.63, 3.8) is 0 Å². The van der Waals surface area contributed by atoms with E-state index < -0.39 is 11.9 Å². The summed E-state index contributed by atoms with van der Waals surface area (Å²) in [4.78, 5) is 29.3. The lowest BCUT2D eigenvalue weighted by Gasteiger charge is -2.26. The van der Waals surface area contributed by atoms with Gasteiger partial charge in [0.1, 0.15) is 12.2 Å². The van der Waals surface area contributed by atoms with Gasteiger partial charge in [0.15, 0.2) is 16.9 Å². The van der Waals surface area contributed by atoms with Crippen LogP contribution < -0.4 is 19.8 Å². The Bertz CT molecular complexity index is 1790. The Kier molecular flexibility index (Phi) is 6.62. The van der Waals surface area contributed by atoms with E-state index in [0.717, 1.165) is 10.0 Å². The van der Waals surface area contributed by atoms with E-state index in [1.54, 1.807) is 42.3 Å². The third-order valence-corrected chi connectivity index (χ3v) is 7.39. The van der Waals surface area contributed by atoms with Crippen LogP contribution in [-0.4, -0.2) is 13.0 Å². The van der Waals surface area contributed by atoms with Gasteiger partial charge in [0.25, 0.3) is 5.91 Å². The number of carbonyl (C=O) groups is 1. The van der Waals surface area contributed by atoms with Crippen molar-refractivity contribution in [1.82, 2.24) is 0 Å². The molecule has 0 saturated heterocycles. The Morgan fingerprint density at radius 1 is 0.923 bits per heavy atom. The van der Waals surface area contributed by atoms with Crippen molar-refractivity contribution in [3.05, 3.63) is 133 Å². The van der Waals surface area contributed by atoms with Crippen LogP contribution in [0.15, 0.2) is 105 Å². The van der Waals surface area contributed by atoms with Gasteiger partial charge in [-0.05, 0) is 59.7 Å². The first-order chi connectivity index (χ1) is 18.9. The average molecular weight is 603 g/mol. The number of hydrogen-bond donors (Lipinski definition) is 0. The molecule has 0 radical (unpaired) electrons. The fraction of sp³-hybridized carbons (Fsp3) is 0.0968. The topological polar surface area (TPSA) is 69.0 Å². The van der Waals surface area contributed by atoms with Crippen molar-refractivity contribution in [2.24, 2.45) is 0 Å². The molecular formula is C31H21BrClNO5. The summed E-state index contributed by atoms with van der Waals surface area (Å²) < 4.78 is 18.5. The van der Waals surface area contributed by atoms with Crippen LogP contribution in [0.25, 0.3) is 11.0 Å². The number of benzene rings is 4. The first-order valence-corrected chi connectivity index (χ1v) is 13.3. The molecule has 6 rings (SSSR count).